The van der Waals surface area contributed by atoms with Crippen molar-refractivity contribution in [2.45, 2.75) is 97.6 Å². The lowest BCUT2D eigenvalue weighted by Gasteiger charge is -2.34. The minimum Gasteiger partial charge on any atom is -0.337 e. The molecule has 1 amide bonds. The van der Waals surface area contributed by atoms with Crippen molar-refractivity contribution in [2.75, 3.05) is 0 Å². The predicted molar refractivity (Wildman–Crippen MR) is 82.2 cm³/mol. The van der Waals surface area contributed by atoms with Crippen molar-refractivity contribution in [1.29, 1.82) is 0 Å². The first-order valence-electron chi connectivity index (χ1n) is 8.41. The average Bonchev–Trinajstić information content (AvgIpc) is 2.45. The largest absolute Gasteiger partial charge is 0.337 e. The van der Waals surface area contributed by atoms with Crippen LogP contribution in [0.1, 0.15) is 85.5 Å². The summed E-state index contributed by atoms with van der Waals surface area (Å²) in [6, 6.07) is 0.766. The van der Waals surface area contributed by atoms with Gasteiger partial charge in [0.2, 0.25) is 5.91 Å². The average molecular weight is 267 g/mol. The molecule has 112 valence electrons. The standard InChI is InChI=1S/C17H33NO/c1-5-14(3)18(15(4)6-2)17(19)13-12-16-10-8-7-9-11-16/h14-16H,5-13H2,1-4H3. The monoisotopic (exact) mass is 267 g/mol. The molecular weight excluding hydrogens is 234 g/mol. The number of hydrogen-bond donors (Lipinski definition) is 0. The topological polar surface area (TPSA) is 20.3 Å². The van der Waals surface area contributed by atoms with Crippen molar-refractivity contribution < 1.29 is 4.79 Å². The third kappa shape index (κ3) is 5.16. The molecule has 1 saturated carbocycles. The van der Waals surface area contributed by atoms with Crippen molar-refractivity contribution in [1.82, 2.24) is 4.90 Å². The Morgan fingerprint density at radius 1 is 1.05 bits per heavy atom. The smallest absolute Gasteiger partial charge is 0.223 e. The molecule has 2 atom stereocenters. The third-order valence-corrected chi connectivity index (χ3v) is 4.91. The number of rotatable bonds is 7. The number of amides is 1. The van der Waals surface area contributed by atoms with Crippen LogP contribution >= 0.6 is 0 Å². The molecule has 0 heterocycles. The van der Waals surface area contributed by atoms with Crippen LogP contribution in [0.3, 0.4) is 0 Å². The van der Waals surface area contributed by atoms with Gasteiger partial charge in [-0.15, -0.1) is 0 Å². The molecule has 2 nitrogen and oxygen atoms in total. The summed E-state index contributed by atoms with van der Waals surface area (Å²) in [6.45, 7) is 8.72. The second kappa shape index (κ2) is 8.60. The van der Waals surface area contributed by atoms with Gasteiger partial charge in [0.25, 0.3) is 0 Å². The number of hydrogen-bond acceptors (Lipinski definition) is 1. The molecule has 0 aliphatic heterocycles. The van der Waals surface area contributed by atoms with Gasteiger partial charge in [0.15, 0.2) is 0 Å². The zero-order valence-electron chi connectivity index (χ0n) is 13.5. The fourth-order valence-electron chi connectivity index (χ4n) is 3.25. The Kier molecular flexibility index (Phi) is 7.48. The van der Waals surface area contributed by atoms with Crippen LogP contribution < -0.4 is 0 Å². The lowest BCUT2D eigenvalue weighted by Crippen LogP contribution is -2.44. The van der Waals surface area contributed by atoms with Crippen molar-refractivity contribution in [3.05, 3.63) is 0 Å². The van der Waals surface area contributed by atoms with Crippen molar-refractivity contribution >= 4 is 5.91 Å². The predicted octanol–water partition coefficient (Wildman–Crippen LogP) is 4.77. The SMILES string of the molecule is CCC(C)N(C(=O)CCC1CCCCC1)C(C)CC. The molecule has 0 saturated heterocycles. The number of nitrogens with zero attached hydrogens (tertiary/aromatic N) is 1. The summed E-state index contributed by atoms with van der Waals surface area (Å²) in [7, 11) is 0. The van der Waals surface area contributed by atoms with E-state index in [4.69, 9.17) is 0 Å². The highest BCUT2D eigenvalue weighted by molar-refractivity contribution is 5.76. The molecular formula is C17H33NO. The number of carbonyl (C=O) groups excluding carboxylic acids is 1. The zero-order valence-corrected chi connectivity index (χ0v) is 13.5. The molecule has 2 unspecified atom stereocenters. The van der Waals surface area contributed by atoms with Crippen LogP contribution in [0.2, 0.25) is 0 Å². The van der Waals surface area contributed by atoms with Crippen LogP contribution in [-0.4, -0.2) is 22.9 Å². The van der Waals surface area contributed by atoms with Crippen LogP contribution in [0.15, 0.2) is 0 Å². The van der Waals surface area contributed by atoms with E-state index in [1.54, 1.807) is 0 Å². The fraction of sp³-hybridized carbons (Fsp3) is 0.941. The maximum atomic E-state index is 12.5. The fourth-order valence-corrected chi connectivity index (χ4v) is 3.25. The van der Waals surface area contributed by atoms with E-state index in [2.05, 4.69) is 32.6 Å². The summed E-state index contributed by atoms with van der Waals surface area (Å²) in [5.41, 5.74) is 0. The van der Waals surface area contributed by atoms with Crippen LogP contribution in [0.25, 0.3) is 0 Å². The quantitative estimate of drug-likeness (QED) is 0.650. The van der Waals surface area contributed by atoms with Gasteiger partial charge in [-0.1, -0.05) is 46.0 Å². The van der Waals surface area contributed by atoms with E-state index in [-0.39, 0.29) is 0 Å². The van der Waals surface area contributed by atoms with Crippen LogP contribution in [0.5, 0.6) is 0 Å². The molecule has 0 spiro atoms. The molecule has 1 fully saturated rings. The Morgan fingerprint density at radius 2 is 1.58 bits per heavy atom. The minimum atomic E-state index is 0.383. The van der Waals surface area contributed by atoms with Gasteiger partial charge < -0.3 is 4.90 Å². The maximum Gasteiger partial charge on any atom is 0.223 e. The van der Waals surface area contributed by atoms with E-state index < -0.39 is 0 Å². The first-order chi connectivity index (χ1) is 9.10. The second-order valence-corrected chi connectivity index (χ2v) is 6.36. The van der Waals surface area contributed by atoms with Crippen LogP contribution in [0, 0.1) is 5.92 Å². The molecule has 0 radical (unpaired) electrons. The highest BCUT2D eigenvalue weighted by Crippen LogP contribution is 2.28. The van der Waals surface area contributed by atoms with E-state index in [0.29, 0.717) is 18.0 Å². The van der Waals surface area contributed by atoms with Crippen LogP contribution in [-0.2, 0) is 4.79 Å². The van der Waals surface area contributed by atoms with Crippen molar-refractivity contribution in [3.8, 4) is 0 Å². The van der Waals surface area contributed by atoms with Crippen molar-refractivity contribution in [2.24, 2.45) is 5.92 Å². The van der Waals surface area contributed by atoms with E-state index in [0.717, 1.165) is 31.6 Å². The second-order valence-electron chi connectivity index (χ2n) is 6.36. The summed E-state index contributed by atoms with van der Waals surface area (Å²) < 4.78 is 0. The van der Waals surface area contributed by atoms with Gasteiger partial charge in [-0.05, 0) is 39.0 Å². The van der Waals surface area contributed by atoms with Gasteiger partial charge in [-0.2, -0.15) is 0 Å². The Balaban J connectivity index is 2.46. The summed E-state index contributed by atoms with van der Waals surface area (Å²) in [4.78, 5) is 14.7. The van der Waals surface area contributed by atoms with E-state index in [1.807, 2.05) is 0 Å². The van der Waals surface area contributed by atoms with Gasteiger partial charge in [0.1, 0.15) is 0 Å². The molecule has 0 N–H and O–H groups in total. The van der Waals surface area contributed by atoms with Crippen LogP contribution in [0.4, 0.5) is 0 Å². The maximum absolute atomic E-state index is 12.5. The normalized spacial score (nSPS) is 20.0. The molecule has 2 heteroatoms. The molecule has 0 aromatic heterocycles. The molecule has 1 aliphatic rings. The molecule has 0 aromatic carbocycles. The highest BCUT2D eigenvalue weighted by Gasteiger charge is 2.24. The molecule has 1 rings (SSSR count). The third-order valence-electron chi connectivity index (χ3n) is 4.91. The summed E-state index contributed by atoms with van der Waals surface area (Å²) >= 11 is 0. The van der Waals surface area contributed by atoms with Gasteiger partial charge in [0.05, 0.1) is 0 Å². The van der Waals surface area contributed by atoms with E-state index >= 15 is 0 Å². The van der Waals surface area contributed by atoms with E-state index in [9.17, 15) is 4.79 Å². The summed E-state index contributed by atoms with van der Waals surface area (Å²) in [5, 5.41) is 0. The molecule has 1 aliphatic carbocycles. The van der Waals surface area contributed by atoms with Gasteiger partial charge in [0, 0.05) is 18.5 Å². The van der Waals surface area contributed by atoms with Gasteiger partial charge in [-0.3, -0.25) is 4.79 Å². The Labute approximate surface area is 119 Å². The van der Waals surface area contributed by atoms with Crippen molar-refractivity contribution in [3.63, 3.8) is 0 Å². The van der Waals surface area contributed by atoms with Gasteiger partial charge in [-0.25, -0.2) is 0 Å². The minimum absolute atomic E-state index is 0.383. The first kappa shape index (κ1) is 16.5. The molecule has 19 heavy (non-hydrogen) atoms. The lowest BCUT2D eigenvalue weighted by atomic mass is 9.86. The Hall–Kier alpha value is -0.530. The first-order valence-corrected chi connectivity index (χ1v) is 8.41. The Morgan fingerprint density at radius 3 is 2.05 bits per heavy atom. The summed E-state index contributed by atoms with van der Waals surface area (Å²) in [6.07, 6.45) is 10.8. The Bertz CT molecular complexity index is 248. The number of carbonyl (C=O) groups is 1. The van der Waals surface area contributed by atoms with E-state index in [1.165, 1.54) is 32.1 Å². The molecule has 0 bridgehead atoms. The molecule has 0 aromatic rings. The summed E-state index contributed by atoms with van der Waals surface area (Å²) in [5.74, 6) is 1.20. The van der Waals surface area contributed by atoms with Gasteiger partial charge >= 0.3 is 0 Å². The highest BCUT2D eigenvalue weighted by atomic mass is 16.2. The lowest BCUT2D eigenvalue weighted by molar-refractivity contribution is -0.136. The zero-order chi connectivity index (χ0) is 14.3.